The Hall–Kier alpha value is -0.890. The summed E-state index contributed by atoms with van der Waals surface area (Å²) in [5, 5.41) is 8.45. The molecule has 9 heteroatoms. The Morgan fingerprint density at radius 2 is 2.00 bits per heavy atom. The van der Waals surface area contributed by atoms with Crippen LogP contribution in [-0.4, -0.2) is 35.0 Å². The van der Waals surface area contributed by atoms with Gasteiger partial charge in [-0.3, -0.25) is 9.79 Å². The van der Waals surface area contributed by atoms with Gasteiger partial charge in [-0.25, -0.2) is 4.39 Å². The maximum absolute atomic E-state index is 12.9. The average Bonchev–Trinajstić information content (AvgIpc) is 2.14. The molecule has 6 nitrogen and oxygen atoms in total. The molecule has 0 aliphatic heterocycles. The fourth-order valence-corrected chi connectivity index (χ4v) is 0.808. The summed E-state index contributed by atoms with van der Waals surface area (Å²) < 4.78 is 12.9. The lowest BCUT2D eigenvalue weighted by Gasteiger charge is -2.02. The van der Waals surface area contributed by atoms with Gasteiger partial charge in [-0.05, 0) is 19.8 Å². The topological polar surface area (TPSA) is 133 Å². The van der Waals surface area contributed by atoms with Gasteiger partial charge in [0.15, 0.2) is 0 Å². The highest BCUT2D eigenvalue weighted by molar-refractivity contribution is 5.85. The number of nitrogens with two attached hydrogens (primary N) is 2. The van der Waals surface area contributed by atoms with Crippen molar-refractivity contribution >= 4 is 36.6 Å². The minimum atomic E-state index is -1.08. The molecule has 0 unspecified atom stereocenters. The van der Waals surface area contributed by atoms with Crippen LogP contribution in [0.1, 0.15) is 19.8 Å². The Balaban J connectivity index is -0.000000327. The Bertz CT molecular complexity index is 284. The molecule has 0 rings (SSSR count). The molecule has 1 atom stereocenters. The SMILES string of the molecule is CC(N)=NC/C(F)=C\CC[C@H](N)C(=O)O.Cl.Cl.O. The van der Waals surface area contributed by atoms with Crippen molar-refractivity contribution in [1.82, 2.24) is 0 Å². The van der Waals surface area contributed by atoms with Crippen LogP contribution in [0.4, 0.5) is 4.39 Å². The molecular weight excluding hydrogens is 288 g/mol. The van der Waals surface area contributed by atoms with Crippen LogP contribution in [0, 0.1) is 0 Å². The maximum atomic E-state index is 12.9. The van der Waals surface area contributed by atoms with E-state index in [1.165, 1.54) is 6.08 Å². The zero-order chi connectivity index (χ0) is 11.8. The fraction of sp³-hybridized carbons (Fsp3) is 0.556. The molecule has 0 aromatic heterocycles. The number of allylic oxidation sites excluding steroid dienone is 1. The molecule has 0 fully saturated rings. The second-order valence-corrected chi connectivity index (χ2v) is 3.13. The molecule has 18 heavy (non-hydrogen) atoms. The molecule has 0 saturated heterocycles. The van der Waals surface area contributed by atoms with Crippen LogP contribution in [-0.2, 0) is 4.79 Å². The number of aliphatic imine (C=N–C) groups is 1. The highest BCUT2D eigenvalue weighted by atomic mass is 35.5. The van der Waals surface area contributed by atoms with Gasteiger partial charge in [0.1, 0.15) is 11.9 Å². The Morgan fingerprint density at radius 3 is 2.39 bits per heavy atom. The molecule has 0 heterocycles. The highest BCUT2D eigenvalue weighted by Gasteiger charge is 2.09. The van der Waals surface area contributed by atoms with Gasteiger partial charge in [-0.15, -0.1) is 24.8 Å². The largest absolute Gasteiger partial charge is 0.480 e. The van der Waals surface area contributed by atoms with Crippen LogP contribution in [0.15, 0.2) is 16.9 Å². The summed E-state index contributed by atoms with van der Waals surface area (Å²) in [7, 11) is 0. The van der Waals surface area contributed by atoms with Gasteiger partial charge >= 0.3 is 5.97 Å². The number of rotatable bonds is 6. The van der Waals surface area contributed by atoms with Crippen LogP contribution < -0.4 is 11.5 Å². The summed E-state index contributed by atoms with van der Waals surface area (Å²) in [6.45, 7) is 1.46. The summed E-state index contributed by atoms with van der Waals surface area (Å²) >= 11 is 0. The minimum absolute atomic E-state index is 0. The molecule has 0 spiro atoms. The number of hydrogen-bond donors (Lipinski definition) is 3. The molecule has 0 aliphatic rings. The Morgan fingerprint density at radius 1 is 1.50 bits per heavy atom. The van der Waals surface area contributed by atoms with Gasteiger partial charge in [-0.1, -0.05) is 6.08 Å². The van der Waals surface area contributed by atoms with Gasteiger partial charge in [0.2, 0.25) is 0 Å². The predicted molar refractivity (Wildman–Crippen MR) is 74.3 cm³/mol. The zero-order valence-corrected chi connectivity index (χ0v) is 11.6. The van der Waals surface area contributed by atoms with Crippen LogP contribution >= 0.6 is 24.8 Å². The number of amidine groups is 1. The number of carbonyl (C=O) groups is 1. The average molecular weight is 308 g/mol. The van der Waals surface area contributed by atoms with E-state index in [1.807, 2.05) is 0 Å². The Kier molecular flexibility index (Phi) is 20.3. The second-order valence-electron chi connectivity index (χ2n) is 3.13. The third kappa shape index (κ3) is 15.1. The van der Waals surface area contributed by atoms with Crippen molar-refractivity contribution in [2.45, 2.75) is 25.8 Å². The van der Waals surface area contributed by atoms with E-state index in [9.17, 15) is 9.18 Å². The first kappa shape index (κ1) is 25.8. The van der Waals surface area contributed by atoms with E-state index in [4.69, 9.17) is 16.6 Å². The van der Waals surface area contributed by atoms with Gasteiger partial charge in [0, 0.05) is 0 Å². The summed E-state index contributed by atoms with van der Waals surface area (Å²) in [5.74, 6) is -1.21. The van der Waals surface area contributed by atoms with Crippen molar-refractivity contribution in [3.8, 4) is 0 Å². The standard InChI is InChI=1S/C9H16FN3O2.2ClH.H2O/c1-6(11)13-5-7(10)3-2-4-8(12)9(14)15;;;/h3,8H,2,4-5,12H2,1H3,(H2,11,13)(H,14,15);2*1H;1H2/b7-3+;;;/t8-;;;/m0.../s1. The third-order valence-corrected chi connectivity index (χ3v) is 1.64. The molecule has 110 valence electrons. The fourth-order valence-electron chi connectivity index (χ4n) is 0.808. The van der Waals surface area contributed by atoms with Gasteiger partial charge in [-0.2, -0.15) is 0 Å². The monoisotopic (exact) mass is 307 g/mol. The van der Waals surface area contributed by atoms with Crippen LogP contribution in [0.25, 0.3) is 0 Å². The van der Waals surface area contributed by atoms with E-state index in [1.54, 1.807) is 6.92 Å². The second kappa shape index (κ2) is 14.2. The van der Waals surface area contributed by atoms with Crippen molar-refractivity contribution in [2.75, 3.05) is 6.54 Å². The van der Waals surface area contributed by atoms with Crippen LogP contribution in [0.2, 0.25) is 0 Å². The lowest BCUT2D eigenvalue weighted by molar-refractivity contribution is -0.138. The van der Waals surface area contributed by atoms with Gasteiger partial charge in [0.25, 0.3) is 0 Å². The van der Waals surface area contributed by atoms with E-state index in [0.717, 1.165) is 0 Å². The third-order valence-electron chi connectivity index (χ3n) is 1.64. The summed E-state index contributed by atoms with van der Waals surface area (Å²) in [6, 6.07) is -0.950. The number of halogens is 3. The van der Waals surface area contributed by atoms with E-state index in [2.05, 4.69) is 4.99 Å². The van der Waals surface area contributed by atoms with Crippen molar-refractivity contribution in [2.24, 2.45) is 16.5 Å². The summed E-state index contributed by atoms with van der Waals surface area (Å²) in [6.07, 6.45) is 1.75. The molecule has 0 saturated carbocycles. The predicted octanol–water partition coefficient (Wildman–Crippen LogP) is 0.428. The lowest BCUT2D eigenvalue weighted by Crippen LogP contribution is -2.29. The molecule has 0 radical (unpaired) electrons. The van der Waals surface area contributed by atoms with Crippen molar-refractivity contribution in [3.05, 3.63) is 11.9 Å². The number of carboxylic acids is 1. The minimum Gasteiger partial charge on any atom is -0.480 e. The molecule has 7 N–H and O–H groups in total. The molecule has 0 amide bonds. The summed E-state index contributed by atoms with van der Waals surface area (Å²) in [4.78, 5) is 14.0. The molecule has 0 aliphatic carbocycles. The van der Waals surface area contributed by atoms with Crippen molar-refractivity contribution in [3.63, 3.8) is 0 Å². The normalized spacial score (nSPS) is 12.6. The first-order chi connectivity index (χ1) is 6.93. The van der Waals surface area contributed by atoms with E-state index >= 15 is 0 Å². The molecule has 0 aromatic carbocycles. The quantitative estimate of drug-likeness (QED) is 0.484. The van der Waals surface area contributed by atoms with Gasteiger partial charge < -0.3 is 22.1 Å². The Labute approximate surface area is 117 Å². The molecule has 0 bridgehead atoms. The van der Waals surface area contributed by atoms with Gasteiger partial charge in [0.05, 0.1) is 12.4 Å². The van der Waals surface area contributed by atoms with E-state index in [0.29, 0.717) is 5.84 Å². The summed E-state index contributed by atoms with van der Waals surface area (Å²) in [5.41, 5.74) is 10.4. The zero-order valence-electron chi connectivity index (χ0n) is 9.93. The number of hydrogen-bond acceptors (Lipinski definition) is 3. The van der Waals surface area contributed by atoms with Crippen LogP contribution in [0.3, 0.4) is 0 Å². The highest BCUT2D eigenvalue weighted by Crippen LogP contribution is 2.03. The smallest absolute Gasteiger partial charge is 0.320 e. The number of carboxylic acid groups (broad SMARTS) is 1. The van der Waals surface area contributed by atoms with Crippen molar-refractivity contribution in [1.29, 1.82) is 0 Å². The first-order valence-electron chi connectivity index (χ1n) is 4.53. The van der Waals surface area contributed by atoms with Crippen LogP contribution in [0.5, 0.6) is 0 Å². The number of aliphatic carboxylic acids is 1. The first-order valence-corrected chi connectivity index (χ1v) is 4.53. The molecule has 0 aromatic rings. The lowest BCUT2D eigenvalue weighted by atomic mass is 10.1. The molecular formula is C9H20Cl2FN3O3. The number of nitrogens with zero attached hydrogens (tertiary/aromatic N) is 1. The van der Waals surface area contributed by atoms with E-state index in [-0.39, 0.29) is 49.7 Å². The van der Waals surface area contributed by atoms with Crippen molar-refractivity contribution < 1.29 is 19.8 Å². The van der Waals surface area contributed by atoms with E-state index < -0.39 is 17.8 Å². The maximum Gasteiger partial charge on any atom is 0.320 e.